The molecule has 0 N–H and O–H groups in total. The summed E-state index contributed by atoms with van der Waals surface area (Å²) in [6, 6.07) is 44.4. The van der Waals surface area contributed by atoms with Gasteiger partial charge in [0.15, 0.2) is 0 Å². The van der Waals surface area contributed by atoms with E-state index in [4.69, 9.17) is 0 Å². The number of pyridine rings is 1. The summed E-state index contributed by atoms with van der Waals surface area (Å²) in [6.07, 6.45) is 1.85. The van der Waals surface area contributed by atoms with Crippen LogP contribution in [0.2, 0.25) is 0 Å². The minimum atomic E-state index is -0.105. The first-order chi connectivity index (χ1) is 19.1. The summed E-state index contributed by atoms with van der Waals surface area (Å²) >= 11 is 0. The van der Waals surface area contributed by atoms with Crippen LogP contribution in [0.4, 0.5) is 0 Å². The minimum absolute atomic E-state index is 0.105. The highest BCUT2D eigenvalue weighted by molar-refractivity contribution is 6.20. The van der Waals surface area contributed by atoms with Crippen LogP contribution in [0.5, 0.6) is 0 Å². The van der Waals surface area contributed by atoms with Gasteiger partial charge in [-0.3, -0.25) is 4.98 Å². The van der Waals surface area contributed by atoms with Gasteiger partial charge >= 0.3 is 0 Å². The second-order valence-corrected chi connectivity index (χ2v) is 11.2. The van der Waals surface area contributed by atoms with Crippen LogP contribution in [0, 0.1) is 0 Å². The average molecular weight is 498 g/mol. The van der Waals surface area contributed by atoms with E-state index in [1.54, 1.807) is 0 Å². The lowest BCUT2D eigenvalue weighted by atomic mass is 9.66. The smallest absolute Gasteiger partial charge is 0.0702 e. The lowest BCUT2D eigenvalue weighted by Crippen LogP contribution is -2.24. The summed E-state index contributed by atoms with van der Waals surface area (Å²) in [7, 11) is 0. The summed E-state index contributed by atoms with van der Waals surface area (Å²) < 4.78 is 0. The van der Waals surface area contributed by atoms with Gasteiger partial charge in [0.1, 0.15) is 0 Å². The molecule has 184 valence electrons. The predicted octanol–water partition coefficient (Wildman–Crippen LogP) is 10.2. The lowest BCUT2D eigenvalue weighted by molar-refractivity contribution is 0.651. The molecule has 0 aliphatic heterocycles. The molecule has 0 amide bonds. The Labute approximate surface area is 228 Å². The second-order valence-electron chi connectivity index (χ2n) is 11.2. The second kappa shape index (κ2) is 8.12. The van der Waals surface area contributed by atoms with E-state index in [0.29, 0.717) is 0 Å². The van der Waals surface area contributed by atoms with Crippen LogP contribution < -0.4 is 0 Å². The van der Waals surface area contributed by atoms with Crippen molar-refractivity contribution in [3.8, 4) is 33.5 Å². The first-order valence-electron chi connectivity index (χ1n) is 13.6. The van der Waals surface area contributed by atoms with E-state index < -0.39 is 0 Å². The maximum Gasteiger partial charge on any atom is 0.0702 e. The van der Waals surface area contributed by atoms with Crippen LogP contribution >= 0.6 is 0 Å². The van der Waals surface area contributed by atoms with Crippen LogP contribution in [0.15, 0.2) is 128 Å². The minimum Gasteiger partial charge on any atom is -0.256 e. The number of benzene rings is 6. The van der Waals surface area contributed by atoms with Gasteiger partial charge in [0.25, 0.3) is 0 Å². The summed E-state index contributed by atoms with van der Waals surface area (Å²) in [5.41, 5.74) is 10.1. The van der Waals surface area contributed by atoms with E-state index in [0.717, 1.165) is 11.3 Å². The highest BCUT2D eigenvalue weighted by Crippen LogP contribution is 2.53. The van der Waals surface area contributed by atoms with Gasteiger partial charge in [-0.05, 0) is 90.0 Å². The first kappa shape index (κ1) is 22.3. The highest BCUT2D eigenvalue weighted by atomic mass is 14.7. The van der Waals surface area contributed by atoms with Crippen LogP contribution in [-0.2, 0) is 5.41 Å². The number of aromatic nitrogens is 1. The van der Waals surface area contributed by atoms with E-state index in [1.807, 2.05) is 18.3 Å². The zero-order valence-electron chi connectivity index (χ0n) is 22.1. The Morgan fingerprint density at radius 2 is 1.21 bits per heavy atom. The maximum absolute atomic E-state index is 4.55. The van der Waals surface area contributed by atoms with Gasteiger partial charge in [-0.1, -0.05) is 111 Å². The van der Waals surface area contributed by atoms with Crippen molar-refractivity contribution in [3.05, 3.63) is 139 Å². The molecule has 7 aromatic rings. The number of hydrogen-bond acceptors (Lipinski definition) is 1. The van der Waals surface area contributed by atoms with Gasteiger partial charge < -0.3 is 0 Å². The van der Waals surface area contributed by atoms with Gasteiger partial charge in [0, 0.05) is 17.2 Å². The van der Waals surface area contributed by atoms with Crippen LogP contribution in [0.3, 0.4) is 0 Å². The fourth-order valence-corrected chi connectivity index (χ4v) is 6.91. The Morgan fingerprint density at radius 1 is 0.538 bits per heavy atom. The fourth-order valence-electron chi connectivity index (χ4n) is 6.91. The molecule has 0 fully saturated rings. The lowest BCUT2D eigenvalue weighted by Gasteiger charge is -2.37. The van der Waals surface area contributed by atoms with Crippen molar-refractivity contribution in [1.82, 2.24) is 4.98 Å². The molecule has 39 heavy (non-hydrogen) atoms. The van der Waals surface area contributed by atoms with Gasteiger partial charge in [-0.2, -0.15) is 0 Å². The number of nitrogens with zero attached hydrogens (tertiary/aromatic N) is 1. The molecule has 0 saturated heterocycles. The first-order valence-corrected chi connectivity index (χ1v) is 13.6. The van der Waals surface area contributed by atoms with Crippen LogP contribution in [0.1, 0.15) is 25.0 Å². The fraction of sp³-hybridized carbons (Fsp3) is 0.0789. The Hall–Kier alpha value is -4.75. The maximum atomic E-state index is 4.55. The molecule has 0 spiro atoms. The van der Waals surface area contributed by atoms with E-state index in [9.17, 15) is 0 Å². The quantitative estimate of drug-likeness (QED) is 0.217. The van der Waals surface area contributed by atoms with Gasteiger partial charge in [-0.25, -0.2) is 0 Å². The summed E-state index contributed by atoms with van der Waals surface area (Å²) in [5, 5.41) is 7.84. The van der Waals surface area contributed by atoms with Crippen molar-refractivity contribution in [2.24, 2.45) is 0 Å². The third-order valence-corrected chi connectivity index (χ3v) is 8.65. The molecule has 1 nitrogen and oxygen atoms in total. The third kappa shape index (κ3) is 3.17. The van der Waals surface area contributed by atoms with E-state index in [-0.39, 0.29) is 5.41 Å². The molecular formula is C38H27N. The summed E-state index contributed by atoms with van der Waals surface area (Å²) in [4.78, 5) is 4.55. The number of rotatable bonds is 2. The molecule has 0 atom stereocenters. The predicted molar refractivity (Wildman–Crippen MR) is 165 cm³/mol. The van der Waals surface area contributed by atoms with Crippen molar-refractivity contribution in [2.45, 2.75) is 19.3 Å². The molecule has 0 unspecified atom stereocenters. The van der Waals surface area contributed by atoms with Gasteiger partial charge in [-0.15, -0.1) is 0 Å². The van der Waals surface area contributed by atoms with Crippen molar-refractivity contribution in [2.75, 3.05) is 0 Å². The molecule has 1 aromatic heterocycles. The molecule has 6 aromatic carbocycles. The molecule has 0 radical (unpaired) electrons. The van der Waals surface area contributed by atoms with Crippen molar-refractivity contribution in [1.29, 1.82) is 0 Å². The largest absolute Gasteiger partial charge is 0.256 e. The average Bonchev–Trinajstić information content (AvgIpc) is 2.99. The van der Waals surface area contributed by atoms with Crippen molar-refractivity contribution < 1.29 is 0 Å². The molecule has 1 aliphatic carbocycles. The molecule has 1 heterocycles. The van der Waals surface area contributed by atoms with Gasteiger partial charge in [0.2, 0.25) is 0 Å². The summed E-state index contributed by atoms with van der Waals surface area (Å²) in [6.45, 7) is 4.77. The zero-order valence-corrected chi connectivity index (χ0v) is 22.1. The van der Waals surface area contributed by atoms with Crippen LogP contribution in [0.25, 0.3) is 65.8 Å². The number of fused-ring (bicyclic) bond motifs is 5. The van der Waals surface area contributed by atoms with E-state index in [2.05, 4.69) is 128 Å². The Morgan fingerprint density at radius 3 is 2.03 bits per heavy atom. The Kier molecular flexibility index (Phi) is 4.63. The monoisotopic (exact) mass is 497 g/mol. The standard InChI is InChI=1S/C38H27N/c1-38(2)33-15-6-5-10-28(33)29-13-9-14-32-35(30-11-3-4-12-31(30)37(38)36(29)32)27-20-18-24-22-26(19-17-25(24)23-27)34-16-7-8-21-39-34/h3-23H,1-2H3. The zero-order chi connectivity index (χ0) is 26.1. The van der Waals surface area contributed by atoms with Crippen LogP contribution in [-0.4, -0.2) is 4.98 Å². The molecule has 0 bridgehead atoms. The number of hydrogen-bond donors (Lipinski definition) is 0. The normalized spacial score (nSPS) is 13.6. The van der Waals surface area contributed by atoms with Crippen molar-refractivity contribution in [3.63, 3.8) is 0 Å². The SMILES string of the molecule is CC1(C)c2ccccc2-c2cccc3c(-c4ccc5cc(-c6ccccn6)ccc5c4)c4ccccc4c1c23. The summed E-state index contributed by atoms with van der Waals surface area (Å²) in [5.74, 6) is 0. The Bertz CT molecular complexity index is 2080. The highest BCUT2D eigenvalue weighted by Gasteiger charge is 2.35. The molecule has 1 heteroatoms. The Balaban J connectivity index is 1.44. The molecular weight excluding hydrogens is 470 g/mol. The van der Waals surface area contributed by atoms with Gasteiger partial charge in [0.05, 0.1) is 5.69 Å². The van der Waals surface area contributed by atoms with E-state index in [1.165, 1.54) is 65.7 Å². The molecule has 1 aliphatic rings. The molecule has 0 saturated carbocycles. The topological polar surface area (TPSA) is 12.9 Å². The van der Waals surface area contributed by atoms with E-state index >= 15 is 0 Å². The third-order valence-electron chi connectivity index (χ3n) is 8.65. The molecule has 8 rings (SSSR count). The van der Waals surface area contributed by atoms with Crippen molar-refractivity contribution >= 4 is 32.3 Å².